The van der Waals surface area contributed by atoms with Gasteiger partial charge in [-0.2, -0.15) is 0 Å². The number of fused-ring (bicyclic) bond motifs is 2. The molecule has 1 heterocycles. The lowest BCUT2D eigenvalue weighted by atomic mass is 9.91. The third-order valence-electron chi connectivity index (χ3n) is 6.37. The molecule has 2 heteroatoms. The number of unbranched alkanes of at least 4 members (excludes halogenated alkanes) is 1. The zero-order valence-corrected chi connectivity index (χ0v) is 17.4. The molecule has 0 saturated heterocycles. The fourth-order valence-corrected chi connectivity index (χ4v) is 4.77. The lowest BCUT2D eigenvalue weighted by Crippen LogP contribution is -1.99. The van der Waals surface area contributed by atoms with Gasteiger partial charge in [0.05, 0.1) is 11.2 Å². The molecule has 0 spiro atoms. The zero-order chi connectivity index (χ0) is 20.5. The van der Waals surface area contributed by atoms with Crippen LogP contribution >= 0.6 is 0 Å². The number of hydrogen-bond donors (Lipinski definition) is 0. The normalized spacial score (nSPS) is 15.5. The Bertz CT molecular complexity index is 1190. The van der Waals surface area contributed by atoms with Crippen LogP contribution in [0.3, 0.4) is 0 Å². The highest BCUT2D eigenvalue weighted by Gasteiger charge is 2.23. The van der Waals surface area contributed by atoms with Crippen molar-refractivity contribution in [3.05, 3.63) is 101 Å². The SMILES string of the molecule is CCCCc1cc2cc(C3CCc4ccccc43)ccc2nc1-c1ccc(F)cc1. The first kappa shape index (κ1) is 19.0. The third kappa shape index (κ3) is 3.52. The molecule has 0 radical (unpaired) electrons. The predicted octanol–water partition coefficient (Wildman–Crippen LogP) is 7.46. The van der Waals surface area contributed by atoms with Gasteiger partial charge in [-0.25, -0.2) is 9.37 Å². The number of halogens is 1. The molecule has 1 atom stereocenters. The summed E-state index contributed by atoms with van der Waals surface area (Å²) in [5.74, 6) is 0.262. The highest BCUT2D eigenvalue weighted by Crippen LogP contribution is 2.39. The Labute approximate surface area is 177 Å². The standard InChI is InChI=1S/C28H26FN/c1-2-3-6-22-18-23-17-21(26-15-11-19-7-4-5-8-25(19)26)12-16-27(23)30-28(22)20-9-13-24(29)14-10-20/h4-5,7-10,12-14,16-18,26H,2-3,6,11,15H2,1H3. The summed E-state index contributed by atoms with van der Waals surface area (Å²) < 4.78 is 13.4. The van der Waals surface area contributed by atoms with Crippen LogP contribution in [0.1, 0.15) is 54.4 Å². The number of aryl methyl sites for hydroxylation is 2. The summed E-state index contributed by atoms with van der Waals surface area (Å²) in [6, 6.07) is 24.6. The molecule has 30 heavy (non-hydrogen) atoms. The quantitative estimate of drug-likeness (QED) is 0.342. The molecule has 5 rings (SSSR count). The van der Waals surface area contributed by atoms with E-state index in [1.807, 2.05) is 12.1 Å². The first-order chi connectivity index (χ1) is 14.7. The second kappa shape index (κ2) is 8.02. The zero-order valence-electron chi connectivity index (χ0n) is 17.4. The highest BCUT2D eigenvalue weighted by atomic mass is 19.1. The Morgan fingerprint density at radius 1 is 0.967 bits per heavy atom. The Kier molecular flexibility index (Phi) is 5.08. The second-order valence-corrected chi connectivity index (χ2v) is 8.35. The van der Waals surface area contributed by atoms with Crippen molar-refractivity contribution in [1.29, 1.82) is 0 Å². The maximum Gasteiger partial charge on any atom is 0.123 e. The summed E-state index contributed by atoms with van der Waals surface area (Å²) in [5, 5.41) is 1.20. The number of rotatable bonds is 5. The minimum Gasteiger partial charge on any atom is -0.248 e. The van der Waals surface area contributed by atoms with Crippen LogP contribution < -0.4 is 0 Å². The molecule has 1 aliphatic carbocycles. The largest absolute Gasteiger partial charge is 0.248 e. The molecule has 150 valence electrons. The summed E-state index contributed by atoms with van der Waals surface area (Å²) in [7, 11) is 0. The molecule has 1 nitrogen and oxygen atoms in total. The van der Waals surface area contributed by atoms with Gasteiger partial charge in [0.15, 0.2) is 0 Å². The Morgan fingerprint density at radius 2 is 1.80 bits per heavy atom. The summed E-state index contributed by atoms with van der Waals surface area (Å²) in [6.45, 7) is 2.21. The Hall–Kier alpha value is -3.00. The van der Waals surface area contributed by atoms with E-state index in [9.17, 15) is 4.39 Å². The maximum atomic E-state index is 13.4. The fraction of sp³-hybridized carbons (Fsp3) is 0.250. The van der Waals surface area contributed by atoms with E-state index in [0.29, 0.717) is 5.92 Å². The van der Waals surface area contributed by atoms with Gasteiger partial charge < -0.3 is 0 Å². The van der Waals surface area contributed by atoms with Crippen molar-refractivity contribution in [2.24, 2.45) is 0 Å². The van der Waals surface area contributed by atoms with E-state index in [4.69, 9.17) is 4.98 Å². The average molecular weight is 396 g/mol. The molecule has 0 amide bonds. The van der Waals surface area contributed by atoms with E-state index in [1.54, 1.807) is 0 Å². The van der Waals surface area contributed by atoms with Crippen LogP contribution in [-0.4, -0.2) is 4.98 Å². The van der Waals surface area contributed by atoms with Crippen molar-refractivity contribution in [2.45, 2.75) is 44.9 Å². The van der Waals surface area contributed by atoms with E-state index in [0.717, 1.165) is 42.5 Å². The van der Waals surface area contributed by atoms with Gasteiger partial charge in [-0.15, -0.1) is 0 Å². The molecule has 1 unspecified atom stereocenters. The summed E-state index contributed by atoms with van der Waals surface area (Å²) >= 11 is 0. The van der Waals surface area contributed by atoms with E-state index in [1.165, 1.54) is 46.2 Å². The van der Waals surface area contributed by atoms with E-state index in [2.05, 4.69) is 55.5 Å². The Balaban J connectivity index is 1.59. The molecule has 0 fully saturated rings. The van der Waals surface area contributed by atoms with E-state index < -0.39 is 0 Å². The van der Waals surface area contributed by atoms with Gasteiger partial charge in [-0.3, -0.25) is 0 Å². The van der Waals surface area contributed by atoms with Crippen molar-refractivity contribution < 1.29 is 4.39 Å². The molecular formula is C28H26FN. The summed E-state index contributed by atoms with van der Waals surface area (Å²) in [6.07, 6.45) is 5.58. The van der Waals surface area contributed by atoms with E-state index in [-0.39, 0.29) is 5.82 Å². The van der Waals surface area contributed by atoms with Crippen LogP contribution in [0.25, 0.3) is 22.2 Å². The van der Waals surface area contributed by atoms with Gasteiger partial charge in [0.25, 0.3) is 0 Å². The average Bonchev–Trinajstić information content (AvgIpc) is 3.21. The summed E-state index contributed by atoms with van der Waals surface area (Å²) in [4.78, 5) is 5.02. The van der Waals surface area contributed by atoms with Gasteiger partial charge in [-0.1, -0.05) is 43.7 Å². The molecule has 0 saturated carbocycles. The van der Waals surface area contributed by atoms with Crippen molar-refractivity contribution in [3.8, 4) is 11.3 Å². The minimum atomic E-state index is -0.212. The second-order valence-electron chi connectivity index (χ2n) is 8.35. The van der Waals surface area contributed by atoms with Crippen LogP contribution in [0.2, 0.25) is 0 Å². The molecule has 0 aliphatic heterocycles. The topological polar surface area (TPSA) is 12.9 Å². The lowest BCUT2D eigenvalue weighted by Gasteiger charge is -2.15. The molecule has 3 aromatic carbocycles. The van der Waals surface area contributed by atoms with Crippen LogP contribution in [0.4, 0.5) is 4.39 Å². The van der Waals surface area contributed by atoms with Crippen molar-refractivity contribution >= 4 is 10.9 Å². The number of aromatic nitrogens is 1. The molecular weight excluding hydrogens is 369 g/mol. The van der Waals surface area contributed by atoms with Crippen LogP contribution in [0, 0.1) is 5.82 Å². The predicted molar refractivity (Wildman–Crippen MR) is 122 cm³/mol. The van der Waals surface area contributed by atoms with Gasteiger partial charge in [0.1, 0.15) is 5.82 Å². The van der Waals surface area contributed by atoms with Gasteiger partial charge in [0.2, 0.25) is 0 Å². The third-order valence-corrected chi connectivity index (χ3v) is 6.37. The van der Waals surface area contributed by atoms with Gasteiger partial charge >= 0.3 is 0 Å². The van der Waals surface area contributed by atoms with Gasteiger partial charge in [-0.05, 0) is 90.4 Å². The molecule has 0 N–H and O–H groups in total. The number of pyridine rings is 1. The van der Waals surface area contributed by atoms with Crippen LogP contribution in [0.5, 0.6) is 0 Å². The molecule has 1 aromatic heterocycles. The van der Waals surface area contributed by atoms with Crippen molar-refractivity contribution in [2.75, 3.05) is 0 Å². The van der Waals surface area contributed by atoms with Gasteiger partial charge in [0, 0.05) is 16.9 Å². The maximum absolute atomic E-state index is 13.4. The number of hydrogen-bond acceptors (Lipinski definition) is 1. The molecule has 0 bridgehead atoms. The molecule has 1 aliphatic rings. The fourth-order valence-electron chi connectivity index (χ4n) is 4.77. The van der Waals surface area contributed by atoms with Crippen molar-refractivity contribution in [1.82, 2.24) is 4.98 Å². The first-order valence-electron chi connectivity index (χ1n) is 11.0. The lowest BCUT2D eigenvalue weighted by molar-refractivity contribution is 0.628. The Morgan fingerprint density at radius 3 is 2.63 bits per heavy atom. The number of benzene rings is 3. The first-order valence-corrected chi connectivity index (χ1v) is 11.0. The van der Waals surface area contributed by atoms with Crippen molar-refractivity contribution in [3.63, 3.8) is 0 Å². The molecule has 4 aromatic rings. The van der Waals surface area contributed by atoms with Crippen LogP contribution in [-0.2, 0) is 12.8 Å². The summed E-state index contributed by atoms with van der Waals surface area (Å²) in [5.41, 5.74) is 8.55. The minimum absolute atomic E-state index is 0.212. The van der Waals surface area contributed by atoms with E-state index >= 15 is 0 Å². The monoisotopic (exact) mass is 395 g/mol. The smallest absolute Gasteiger partial charge is 0.123 e. The number of nitrogens with zero attached hydrogens (tertiary/aromatic N) is 1. The highest BCUT2D eigenvalue weighted by molar-refractivity contribution is 5.84. The van der Waals surface area contributed by atoms with Crippen LogP contribution in [0.15, 0.2) is 72.8 Å².